The summed E-state index contributed by atoms with van der Waals surface area (Å²) in [5.41, 5.74) is 4.63. The number of esters is 1. The first-order valence-electron chi connectivity index (χ1n) is 12.2. The maximum absolute atomic E-state index is 13.5. The summed E-state index contributed by atoms with van der Waals surface area (Å²) in [5.74, 6) is -0.217. The molecule has 0 saturated heterocycles. The monoisotopic (exact) mass is 557 g/mol. The SMILES string of the molecule is COc1ccc(N(CC(=O)N/N=C/c2ccc(OC(=O)c3ccccc3)cc2)S(=O)(=O)c2ccc(C)cc2)cc1. The van der Waals surface area contributed by atoms with Gasteiger partial charge in [0, 0.05) is 0 Å². The molecule has 0 heterocycles. The number of rotatable bonds is 10. The molecule has 0 spiro atoms. The molecule has 0 fully saturated rings. The number of nitrogens with zero attached hydrogens (tertiary/aromatic N) is 2. The number of carbonyl (C=O) groups excluding carboxylic acids is 2. The number of anilines is 1. The van der Waals surface area contributed by atoms with Crippen LogP contribution in [0.3, 0.4) is 0 Å². The van der Waals surface area contributed by atoms with Crippen LogP contribution in [0.25, 0.3) is 0 Å². The third-order valence-corrected chi connectivity index (χ3v) is 7.55. The number of sulfonamides is 1. The zero-order valence-electron chi connectivity index (χ0n) is 21.9. The van der Waals surface area contributed by atoms with Gasteiger partial charge in [-0.05, 0) is 85.3 Å². The van der Waals surface area contributed by atoms with E-state index in [2.05, 4.69) is 10.5 Å². The normalized spacial score (nSPS) is 11.2. The number of ether oxygens (including phenoxy) is 2. The third kappa shape index (κ3) is 7.12. The number of hydrogen-bond acceptors (Lipinski definition) is 7. The number of hydrazone groups is 1. The van der Waals surface area contributed by atoms with Crippen molar-refractivity contribution in [2.75, 3.05) is 18.0 Å². The molecule has 40 heavy (non-hydrogen) atoms. The molecule has 0 saturated carbocycles. The molecule has 0 aliphatic carbocycles. The van der Waals surface area contributed by atoms with Crippen LogP contribution in [0.15, 0.2) is 113 Å². The van der Waals surface area contributed by atoms with Gasteiger partial charge < -0.3 is 9.47 Å². The van der Waals surface area contributed by atoms with E-state index in [1.807, 2.05) is 13.0 Å². The van der Waals surface area contributed by atoms with Crippen LogP contribution in [0.4, 0.5) is 5.69 Å². The van der Waals surface area contributed by atoms with Gasteiger partial charge in [0.2, 0.25) is 0 Å². The summed E-state index contributed by atoms with van der Waals surface area (Å²) in [6.45, 7) is 1.35. The second kappa shape index (κ2) is 12.7. The maximum atomic E-state index is 13.5. The smallest absolute Gasteiger partial charge is 0.343 e. The van der Waals surface area contributed by atoms with E-state index < -0.39 is 28.4 Å². The van der Waals surface area contributed by atoms with Gasteiger partial charge in [-0.1, -0.05) is 35.9 Å². The first kappa shape index (κ1) is 28.1. The average molecular weight is 558 g/mol. The molecule has 0 bridgehead atoms. The number of aryl methyl sites for hydroxylation is 1. The van der Waals surface area contributed by atoms with Crippen molar-refractivity contribution >= 4 is 33.8 Å². The Kier molecular flexibility index (Phi) is 8.93. The van der Waals surface area contributed by atoms with E-state index in [9.17, 15) is 18.0 Å². The van der Waals surface area contributed by atoms with E-state index >= 15 is 0 Å². The van der Waals surface area contributed by atoms with Crippen LogP contribution in [0.1, 0.15) is 21.5 Å². The molecule has 4 aromatic carbocycles. The minimum Gasteiger partial charge on any atom is -0.497 e. The molecule has 9 nitrogen and oxygen atoms in total. The number of methoxy groups -OCH3 is 1. The van der Waals surface area contributed by atoms with Crippen molar-refractivity contribution in [2.24, 2.45) is 5.10 Å². The van der Waals surface area contributed by atoms with Crippen molar-refractivity contribution in [1.29, 1.82) is 0 Å². The molecular formula is C30H27N3O6S. The molecule has 0 aliphatic rings. The van der Waals surface area contributed by atoms with E-state index in [1.54, 1.807) is 84.9 Å². The van der Waals surface area contributed by atoms with Crippen molar-refractivity contribution in [3.63, 3.8) is 0 Å². The predicted octanol–water partition coefficient (Wildman–Crippen LogP) is 4.57. The van der Waals surface area contributed by atoms with Crippen LogP contribution in [-0.2, 0) is 14.8 Å². The Hall–Kier alpha value is -4.96. The van der Waals surface area contributed by atoms with E-state index in [1.165, 1.54) is 25.5 Å². The van der Waals surface area contributed by atoms with Crippen molar-refractivity contribution in [3.8, 4) is 11.5 Å². The summed E-state index contributed by atoms with van der Waals surface area (Å²) in [4.78, 5) is 25.0. The molecule has 0 aliphatic heterocycles. The largest absolute Gasteiger partial charge is 0.497 e. The minimum absolute atomic E-state index is 0.0540. The molecular weight excluding hydrogens is 530 g/mol. The molecule has 4 rings (SSSR count). The van der Waals surface area contributed by atoms with Gasteiger partial charge in [-0.25, -0.2) is 18.6 Å². The number of amides is 1. The minimum atomic E-state index is -4.06. The standard InChI is InChI=1S/C30H27N3O6S/c1-22-8-18-28(19-9-22)40(36,37)33(25-12-16-26(38-2)17-13-25)21-29(34)32-31-20-23-10-14-27(15-11-23)39-30(35)24-6-4-3-5-7-24/h3-20H,21H2,1-2H3,(H,32,34)/b31-20+. The molecule has 1 amide bonds. The van der Waals surface area contributed by atoms with Crippen LogP contribution in [-0.4, -0.2) is 40.2 Å². The topological polar surface area (TPSA) is 114 Å². The van der Waals surface area contributed by atoms with Crippen molar-refractivity contribution in [2.45, 2.75) is 11.8 Å². The zero-order chi connectivity index (χ0) is 28.5. The summed E-state index contributed by atoms with van der Waals surface area (Å²) in [6.07, 6.45) is 1.40. The number of hydrogen-bond donors (Lipinski definition) is 1. The first-order chi connectivity index (χ1) is 19.3. The Balaban J connectivity index is 1.43. The van der Waals surface area contributed by atoms with Gasteiger partial charge in [0.1, 0.15) is 18.0 Å². The van der Waals surface area contributed by atoms with Gasteiger partial charge in [-0.15, -0.1) is 0 Å². The number of benzene rings is 4. The lowest BCUT2D eigenvalue weighted by Crippen LogP contribution is -2.39. The van der Waals surface area contributed by atoms with E-state index in [0.717, 1.165) is 9.87 Å². The Morgan fingerprint density at radius 2 is 1.48 bits per heavy atom. The van der Waals surface area contributed by atoms with E-state index in [-0.39, 0.29) is 4.90 Å². The van der Waals surface area contributed by atoms with Crippen molar-refractivity contribution in [1.82, 2.24) is 5.43 Å². The van der Waals surface area contributed by atoms with Crippen molar-refractivity contribution < 1.29 is 27.5 Å². The van der Waals surface area contributed by atoms with E-state index in [4.69, 9.17) is 9.47 Å². The Morgan fingerprint density at radius 3 is 2.10 bits per heavy atom. The highest BCUT2D eigenvalue weighted by Crippen LogP contribution is 2.26. The van der Waals surface area contributed by atoms with Crippen LogP contribution < -0.4 is 19.2 Å². The predicted molar refractivity (Wildman–Crippen MR) is 152 cm³/mol. The average Bonchev–Trinajstić information content (AvgIpc) is 2.97. The Morgan fingerprint density at radius 1 is 0.850 bits per heavy atom. The highest BCUT2D eigenvalue weighted by molar-refractivity contribution is 7.92. The van der Waals surface area contributed by atoms with Crippen molar-refractivity contribution in [3.05, 3.63) is 120 Å². The molecule has 10 heteroatoms. The van der Waals surface area contributed by atoms with Gasteiger partial charge in [0.05, 0.1) is 29.5 Å². The fourth-order valence-corrected chi connectivity index (χ4v) is 5.03. The van der Waals surface area contributed by atoms with E-state index in [0.29, 0.717) is 28.3 Å². The summed E-state index contributed by atoms with van der Waals surface area (Å²) in [6, 6.07) is 27.9. The maximum Gasteiger partial charge on any atom is 0.343 e. The fraction of sp³-hybridized carbons (Fsp3) is 0.100. The zero-order valence-corrected chi connectivity index (χ0v) is 22.7. The Bertz CT molecular complexity index is 1590. The van der Waals surface area contributed by atoms with Crippen LogP contribution in [0.2, 0.25) is 0 Å². The molecule has 204 valence electrons. The van der Waals surface area contributed by atoms with Gasteiger partial charge in [0.25, 0.3) is 15.9 Å². The molecule has 1 N–H and O–H groups in total. The first-order valence-corrected chi connectivity index (χ1v) is 13.6. The fourth-order valence-electron chi connectivity index (χ4n) is 3.61. The molecule has 0 atom stereocenters. The molecule has 0 radical (unpaired) electrons. The second-order valence-corrected chi connectivity index (χ2v) is 10.5. The van der Waals surface area contributed by atoms with Crippen LogP contribution in [0.5, 0.6) is 11.5 Å². The highest BCUT2D eigenvalue weighted by Gasteiger charge is 2.27. The number of carbonyl (C=O) groups is 2. The van der Waals surface area contributed by atoms with Gasteiger partial charge in [-0.3, -0.25) is 9.10 Å². The Labute approximate surface area is 232 Å². The summed E-state index contributed by atoms with van der Waals surface area (Å²) >= 11 is 0. The van der Waals surface area contributed by atoms with Crippen LogP contribution in [0, 0.1) is 6.92 Å². The summed E-state index contributed by atoms with van der Waals surface area (Å²) in [5, 5.41) is 3.95. The van der Waals surface area contributed by atoms with Gasteiger partial charge >= 0.3 is 5.97 Å². The van der Waals surface area contributed by atoms with Crippen LogP contribution >= 0.6 is 0 Å². The lowest BCUT2D eigenvalue weighted by Gasteiger charge is -2.24. The molecule has 0 unspecified atom stereocenters. The third-order valence-electron chi connectivity index (χ3n) is 5.76. The second-order valence-electron chi connectivity index (χ2n) is 8.64. The van der Waals surface area contributed by atoms with Gasteiger partial charge in [-0.2, -0.15) is 5.10 Å². The quantitative estimate of drug-likeness (QED) is 0.132. The molecule has 0 aromatic heterocycles. The lowest BCUT2D eigenvalue weighted by molar-refractivity contribution is -0.119. The summed E-state index contributed by atoms with van der Waals surface area (Å²) in [7, 11) is -2.55. The highest BCUT2D eigenvalue weighted by atomic mass is 32.2. The molecule has 4 aromatic rings. The number of nitrogens with one attached hydrogen (secondary N) is 1. The lowest BCUT2D eigenvalue weighted by atomic mass is 10.2. The van der Waals surface area contributed by atoms with Gasteiger partial charge in [0.15, 0.2) is 0 Å². The summed E-state index contributed by atoms with van der Waals surface area (Å²) < 4.78 is 38.5.